The highest BCUT2D eigenvalue weighted by Crippen LogP contribution is 2.07. The third kappa shape index (κ3) is 3.30. The van der Waals surface area contributed by atoms with Crippen LogP contribution in [-0.2, 0) is 9.59 Å². The van der Waals surface area contributed by atoms with Crippen LogP contribution in [0.5, 0.6) is 0 Å². The molecule has 0 aliphatic heterocycles. The van der Waals surface area contributed by atoms with Crippen LogP contribution in [0.4, 0.5) is 0 Å². The van der Waals surface area contributed by atoms with Crippen LogP contribution in [0, 0.1) is 5.92 Å². The third-order valence-corrected chi connectivity index (χ3v) is 1.54. The summed E-state index contributed by atoms with van der Waals surface area (Å²) in [5.41, 5.74) is 5.19. The van der Waals surface area contributed by atoms with Gasteiger partial charge in [-0.2, -0.15) is 0 Å². The summed E-state index contributed by atoms with van der Waals surface area (Å²) in [6, 6.07) is 0. The largest absolute Gasteiger partial charge is 0.481 e. The van der Waals surface area contributed by atoms with Crippen molar-refractivity contribution in [3.63, 3.8) is 0 Å². The van der Waals surface area contributed by atoms with E-state index in [-0.39, 0.29) is 6.42 Å². The van der Waals surface area contributed by atoms with Gasteiger partial charge in [0, 0.05) is 0 Å². The van der Waals surface area contributed by atoms with Gasteiger partial charge in [-0.1, -0.05) is 6.58 Å². The van der Waals surface area contributed by atoms with Crippen LogP contribution in [0.2, 0.25) is 0 Å². The number of ketones is 1. The van der Waals surface area contributed by atoms with Crippen molar-refractivity contribution >= 4 is 11.8 Å². The minimum absolute atomic E-state index is 0.288. The molecule has 0 saturated carbocycles. The Morgan fingerprint density at radius 1 is 1.58 bits per heavy atom. The van der Waals surface area contributed by atoms with Crippen molar-refractivity contribution in [1.29, 1.82) is 0 Å². The second-order valence-corrected chi connectivity index (χ2v) is 2.43. The van der Waals surface area contributed by atoms with Gasteiger partial charge in [0.25, 0.3) is 0 Å². The zero-order chi connectivity index (χ0) is 9.56. The highest BCUT2D eigenvalue weighted by atomic mass is 16.4. The molecule has 0 aliphatic rings. The zero-order valence-corrected chi connectivity index (χ0v) is 6.82. The van der Waals surface area contributed by atoms with E-state index in [0.717, 1.165) is 6.08 Å². The Morgan fingerprint density at radius 2 is 2.17 bits per heavy atom. The molecule has 0 bridgehead atoms. The molecule has 0 aromatic rings. The van der Waals surface area contributed by atoms with Crippen LogP contribution >= 0.6 is 0 Å². The number of allylic oxidation sites excluding steroid dienone is 1. The van der Waals surface area contributed by atoms with Gasteiger partial charge in [0.15, 0.2) is 5.78 Å². The Morgan fingerprint density at radius 3 is 2.50 bits per heavy atom. The topological polar surface area (TPSA) is 80.4 Å². The SMILES string of the molecule is C=CC(=O)C(CCCN)C(=O)O. The quantitative estimate of drug-likeness (QED) is 0.441. The smallest absolute Gasteiger partial charge is 0.314 e. The number of carbonyl (C=O) groups excluding carboxylic acids is 1. The predicted octanol–water partition coefficient (Wildman–Crippen LogP) is 0.181. The lowest BCUT2D eigenvalue weighted by atomic mass is 9.98. The van der Waals surface area contributed by atoms with Crippen LogP contribution in [0.25, 0.3) is 0 Å². The first kappa shape index (κ1) is 10.8. The molecule has 0 fully saturated rings. The molecule has 4 heteroatoms. The molecule has 0 aromatic carbocycles. The molecule has 0 rings (SSSR count). The first-order valence-electron chi connectivity index (χ1n) is 3.72. The summed E-state index contributed by atoms with van der Waals surface area (Å²) in [4.78, 5) is 21.4. The van der Waals surface area contributed by atoms with Crippen molar-refractivity contribution in [3.05, 3.63) is 12.7 Å². The van der Waals surface area contributed by atoms with Gasteiger partial charge in [-0.3, -0.25) is 9.59 Å². The monoisotopic (exact) mass is 171 g/mol. The lowest BCUT2D eigenvalue weighted by Crippen LogP contribution is -2.22. The Kier molecular flexibility index (Phi) is 4.96. The molecule has 1 unspecified atom stereocenters. The summed E-state index contributed by atoms with van der Waals surface area (Å²) in [6.45, 7) is 3.62. The van der Waals surface area contributed by atoms with Gasteiger partial charge in [0.1, 0.15) is 5.92 Å². The summed E-state index contributed by atoms with van der Waals surface area (Å²) in [5.74, 6) is -2.52. The zero-order valence-electron chi connectivity index (χ0n) is 6.82. The summed E-state index contributed by atoms with van der Waals surface area (Å²) >= 11 is 0. The number of nitrogens with two attached hydrogens (primary N) is 1. The summed E-state index contributed by atoms with van der Waals surface area (Å²) in [6.07, 6.45) is 1.86. The molecular weight excluding hydrogens is 158 g/mol. The number of rotatable bonds is 6. The highest BCUT2D eigenvalue weighted by molar-refractivity contribution is 6.03. The van der Waals surface area contributed by atoms with E-state index in [0.29, 0.717) is 13.0 Å². The van der Waals surface area contributed by atoms with Gasteiger partial charge in [-0.15, -0.1) is 0 Å². The summed E-state index contributed by atoms with van der Waals surface area (Å²) in [5, 5.41) is 8.59. The second-order valence-electron chi connectivity index (χ2n) is 2.43. The van der Waals surface area contributed by atoms with Gasteiger partial charge < -0.3 is 10.8 Å². The molecule has 4 nitrogen and oxygen atoms in total. The van der Waals surface area contributed by atoms with Crippen molar-refractivity contribution in [1.82, 2.24) is 0 Å². The van der Waals surface area contributed by atoms with Gasteiger partial charge in [0.2, 0.25) is 0 Å². The van der Waals surface area contributed by atoms with E-state index in [1.54, 1.807) is 0 Å². The van der Waals surface area contributed by atoms with E-state index in [1.165, 1.54) is 0 Å². The number of carbonyl (C=O) groups is 2. The minimum atomic E-state index is -1.10. The van der Waals surface area contributed by atoms with Crippen LogP contribution < -0.4 is 5.73 Å². The maximum absolute atomic E-state index is 10.9. The molecule has 1 atom stereocenters. The van der Waals surface area contributed by atoms with Crippen LogP contribution in [0.1, 0.15) is 12.8 Å². The fraction of sp³-hybridized carbons (Fsp3) is 0.500. The number of aliphatic carboxylic acids is 1. The molecule has 12 heavy (non-hydrogen) atoms. The summed E-state index contributed by atoms with van der Waals surface area (Å²) < 4.78 is 0. The molecule has 0 amide bonds. The molecule has 0 aliphatic carbocycles. The molecule has 68 valence electrons. The normalized spacial score (nSPS) is 12.1. The van der Waals surface area contributed by atoms with Crippen LogP contribution in [0.3, 0.4) is 0 Å². The molecular formula is C8H13NO3. The van der Waals surface area contributed by atoms with Crippen molar-refractivity contribution in [2.75, 3.05) is 6.54 Å². The van der Waals surface area contributed by atoms with Gasteiger partial charge in [-0.05, 0) is 25.5 Å². The van der Waals surface area contributed by atoms with E-state index < -0.39 is 17.7 Å². The molecule has 0 spiro atoms. The van der Waals surface area contributed by atoms with E-state index in [1.807, 2.05) is 0 Å². The molecule has 0 radical (unpaired) electrons. The lowest BCUT2D eigenvalue weighted by Gasteiger charge is -2.06. The standard InChI is InChI=1S/C8H13NO3/c1-2-7(10)6(8(11)12)4-3-5-9/h2,6H,1,3-5,9H2,(H,11,12). The average molecular weight is 171 g/mol. The number of hydrogen-bond donors (Lipinski definition) is 2. The first-order valence-corrected chi connectivity index (χ1v) is 3.72. The Bertz CT molecular complexity index is 189. The molecule has 0 saturated heterocycles. The van der Waals surface area contributed by atoms with Crippen LogP contribution in [0.15, 0.2) is 12.7 Å². The van der Waals surface area contributed by atoms with Crippen LogP contribution in [-0.4, -0.2) is 23.4 Å². The Balaban J connectivity index is 4.13. The maximum atomic E-state index is 10.9. The van der Waals surface area contributed by atoms with E-state index in [9.17, 15) is 9.59 Å². The van der Waals surface area contributed by atoms with Crippen molar-refractivity contribution in [3.8, 4) is 0 Å². The fourth-order valence-electron chi connectivity index (χ4n) is 0.852. The first-order chi connectivity index (χ1) is 5.63. The fourth-order valence-corrected chi connectivity index (χ4v) is 0.852. The van der Waals surface area contributed by atoms with Gasteiger partial charge in [-0.25, -0.2) is 0 Å². The molecule has 0 heterocycles. The van der Waals surface area contributed by atoms with Gasteiger partial charge in [0.05, 0.1) is 0 Å². The summed E-state index contributed by atoms with van der Waals surface area (Å²) in [7, 11) is 0. The van der Waals surface area contributed by atoms with E-state index in [4.69, 9.17) is 10.8 Å². The van der Waals surface area contributed by atoms with Crippen molar-refractivity contribution in [2.45, 2.75) is 12.8 Å². The Hall–Kier alpha value is -1.16. The molecule has 0 aromatic heterocycles. The second kappa shape index (κ2) is 5.49. The van der Waals surface area contributed by atoms with Gasteiger partial charge >= 0.3 is 5.97 Å². The maximum Gasteiger partial charge on any atom is 0.314 e. The predicted molar refractivity (Wildman–Crippen MR) is 44.6 cm³/mol. The van der Waals surface area contributed by atoms with E-state index >= 15 is 0 Å². The average Bonchev–Trinajstić information content (AvgIpc) is 2.04. The number of hydrogen-bond acceptors (Lipinski definition) is 3. The van der Waals surface area contributed by atoms with Crippen molar-refractivity contribution < 1.29 is 14.7 Å². The third-order valence-electron chi connectivity index (χ3n) is 1.54. The lowest BCUT2D eigenvalue weighted by molar-refractivity contribution is -0.145. The van der Waals surface area contributed by atoms with E-state index in [2.05, 4.69) is 6.58 Å². The van der Waals surface area contributed by atoms with Crippen molar-refractivity contribution in [2.24, 2.45) is 11.7 Å². The minimum Gasteiger partial charge on any atom is -0.481 e. The molecule has 3 N–H and O–H groups in total. The highest BCUT2D eigenvalue weighted by Gasteiger charge is 2.22. The number of carboxylic acids is 1. The number of carboxylic acid groups (broad SMARTS) is 1. The Labute approximate surface area is 71.1 Å².